The van der Waals surface area contributed by atoms with Crippen molar-refractivity contribution in [3.63, 3.8) is 0 Å². The van der Waals surface area contributed by atoms with Crippen LogP contribution in [-0.2, 0) is 0 Å². The van der Waals surface area contributed by atoms with Crippen LogP contribution < -0.4 is 16.8 Å². The van der Waals surface area contributed by atoms with Crippen molar-refractivity contribution in [3.05, 3.63) is 6.07 Å². The van der Waals surface area contributed by atoms with Crippen molar-refractivity contribution in [2.45, 2.75) is 12.5 Å². The molecule has 5 nitrogen and oxygen atoms in total. The summed E-state index contributed by atoms with van der Waals surface area (Å²) in [7, 11) is 3.37. The van der Waals surface area contributed by atoms with E-state index in [1.807, 2.05) is 0 Å². The van der Waals surface area contributed by atoms with Gasteiger partial charge in [-0.15, -0.1) is 0 Å². The summed E-state index contributed by atoms with van der Waals surface area (Å²) in [4.78, 5) is 7.93. The van der Waals surface area contributed by atoms with E-state index in [1.165, 1.54) is 6.07 Å². The van der Waals surface area contributed by atoms with Gasteiger partial charge in [0, 0.05) is 22.9 Å². The number of nitrogens with two attached hydrogens (primary N) is 2. The van der Waals surface area contributed by atoms with Gasteiger partial charge in [-0.1, -0.05) is 6.04 Å². The lowest BCUT2D eigenvalue weighted by Crippen LogP contribution is -2.08. The highest BCUT2D eigenvalue weighted by molar-refractivity contribution is 6.08. The molecule has 1 heterocycles. The van der Waals surface area contributed by atoms with Crippen molar-refractivity contribution in [2.24, 2.45) is 0 Å². The third-order valence-corrected chi connectivity index (χ3v) is 1.76. The Bertz CT molecular complexity index is 257. The van der Waals surface area contributed by atoms with Crippen molar-refractivity contribution in [1.29, 1.82) is 0 Å². The van der Waals surface area contributed by atoms with E-state index in [1.54, 1.807) is 0 Å². The van der Waals surface area contributed by atoms with E-state index in [-0.39, 0.29) is 0 Å². The van der Waals surface area contributed by atoms with Crippen LogP contribution in [0, 0.1) is 0 Å². The molecular weight excluding hydrogens is 182 g/mol. The first-order chi connectivity index (χ1) is 6.22. The largest absolute Gasteiger partial charge is 0.383 e. The minimum absolute atomic E-state index is 0.383. The van der Waals surface area contributed by atoms with Gasteiger partial charge in [0.05, 0.1) is 0 Å². The Labute approximate surface area is 80.4 Å². The summed E-state index contributed by atoms with van der Waals surface area (Å²) >= 11 is 0. The summed E-state index contributed by atoms with van der Waals surface area (Å²) in [5.74, 6) is 1.25. The maximum absolute atomic E-state index is 5.48. The highest BCUT2D eigenvalue weighted by atomic mass is 28.1. The van der Waals surface area contributed by atoms with Gasteiger partial charge in [-0.25, -0.2) is 0 Å². The molecule has 0 unspecified atom stereocenters. The van der Waals surface area contributed by atoms with Crippen LogP contribution in [0.25, 0.3) is 0 Å². The number of nitrogens with zero attached hydrogens (tertiary/aromatic N) is 2. The zero-order chi connectivity index (χ0) is 9.68. The molecule has 1 aromatic rings. The Hall–Kier alpha value is -1.30. The number of nitrogen functional groups attached to an aromatic ring is 2. The Morgan fingerprint density at radius 1 is 1.31 bits per heavy atom. The van der Waals surface area contributed by atoms with E-state index < -0.39 is 0 Å². The maximum Gasteiger partial charge on any atom is 0.226 e. The van der Waals surface area contributed by atoms with Gasteiger partial charge in [0.15, 0.2) is 0 Å². The number of anilines is 3. The molecule has 5 N–H and O–H groups in total. The second-order valence-electron chi connectivity index (χ2n) is 2.57. The topological polar surface area (TPSA) is 89.9 Å². The molecule has 0 saturated heterocycles. The van der Waals surface area contributed by atoms with Crippen molar-refractivity contribution >= 4 is 27.8 Å². The Morgan fingerprint density at radius 3 is 2.46 bits per heavy atom. The molecule has 1 rings (SSSR count). The van der Waals surface area contributed by atoms with Gasteiger partial charge in [-0.05, 0) is 6.42 Å². The van der Waals surface area contributed by atoms with Crippen molar-refractivity contribution in [3.8, 4) is 0 Å². The minimum atomic E-state index is 0.383. The third kappa shape index (κ3) is 3.28. The average Bonchev–Trinajstić information content (AvgIpc) is 2.03. The predicted molar refractivity (Wildman–Crippen MR) is 54.5 cm³/mol. The van der Waals surface area contributed by atoms with Crippen LogP contribution in [0.15, 0.2) is 6.07 Å². The highest BCUT2D eigenvalue weighted by Crippen LogP contribution is 2.07. The quantitative estimate of drug-likeness (QED) is 0.465. The Balaban J connectivity index is 2.56. The summed E-state index contributed by atoms with van der Waals surface area (Å²) in [6, 6.07) is 2.46. The predicted octanol–water partition coefficient (Wildman–Crippen LogP) is 0.0298. The zero-order valence-electron chi connectivity index (χ0n) is 7.25. The van der Waals surface area contributed by atoms with Gasteiger partial charge in [-0.3, -0.25) is 0 Å². The smallest absolute Gasteiger partial charge is 0.226 e. The first kappa shape index (κ1) is 9.78. The second-order valence-corrected chi connectivity index (χ2v) is 3.07. The van der Waals surface area contributed by atoms with Crippen LogP contribution in [0.1, 0.15) is 6.42 Å². The van der Waals surface area contributed by atoms with Gasteiger partial charge in [-0.2, -0.15) is 9.97 Å². The number of nitrogens with one attached hydrogen (secondary N) is 1. The summed E-state index contributed by atoms with van der Waals surface area (Å²) in [6.45, 7) is 0.798. The monoisotopic (exact) mass is 194 g/mol. The lowest BCUT2D eigenvalue weighted by Gasteiger charge is -2.04. The van der Waals surface area contributed by atoms with Crippen molar-refractivity contribution in [1.82, 2.24) is 9.97 Å². The second kappa shape index (κ2) is 4.66. The highest BCUT2D eigenvalue weighted by Gasteiger charge is 1.98. The molecule has 0 aliphatic heterocycles. The van der Waals surface area contributed by atoms with Gasteiger partial charge < -0.3 is 16.8 Å². The molecule has 13 heavy (non-hydrogen) atoms. The fourth-order valence-corrected chi connectivity index (χ4v) is 1.03. The number of hydrogen-bond acceptors (Lipinski definition) is 5. The minimum Gasteiger partial charge on any atom is -0.383 e. The zero-order valence-corrected chi connectivity index (χ0v) is 8.25. The van der Waals surface area contributed by atoms with E-state index in [0.717, 1.165) is 19.0 Å². The van der Waals surface area contributed by atoms with E-state index in [2.05, 4.69) is 25.5 Å². The SMILES string of the molecule is Nc1cc(N)nc(NCCC[Si])n1. The maximum atomic E-state index is 5.48. The number of aromatic nitrogens is 2. The molecule has 0 spiro atoms. The van der Waals surface area contributed by atoms with Crippen LogP contribution in [-0.4, -0.2) is 26.8 Å². The number of rotatable bonds is 4. The summed E-state index contributed by atoms with van der Waals surface area (Å²) < 4.78 is 0. The van der Waals surface area contributed by atoms with Crippen LogP contribution >= 0.6 is 0 Å². The van der Waals surface area contributed by atoms with Crippen molar-refractivity contribution in [2.75, 3.05) is 23.3 Å². The summed E-state index contributed by atoms with van der Waals surface area (Å²) in [5.41, 5.74) is 11.0. The van der Waals surface area contributed by atoms with Gasteiger partial charge in [0.1, 0.15) is 11.6 Å². The molecule has 3 radical (unpaired) electrons. The lowest BCUT2D eigenvalue weighted by molar-refractivity contribution is 0.952. The molecule has 0 bridgehead atoms. The number of hydrogen-bond donors (Lipinski definition) is 3. The first-order valence-electron chi connectivity index (χ1n) is 4.01. The normalized spacial score (nSPS) is 9.92. The molecule has 1 aromatic heterocycles. The van der Waals surface area contributed by atoms with E-state index in [4.69, 9.17) is 11.5 Å². The fourth-order valence-electron chi connectivity index (χ4n) is 0.853. The molecule has 0 saturated carbocycles. The molecule has 69 valence electrons. The Kier molecular flexibility index (Phi) is 3.50. The molecule has 0 aliphatic carbocycles. The van der Waals surface area contributed by atoms with Crippen LogP contribution in [0.4, 0.5) is 17.6 Å². The van der Waals surface area contributed by atoms with Crippen LogP contribution in [0.2, 0.25) is 6.04 Å². The van der Waals surface area contributed by atoms with E-state index in [0.29, 0.717) is 17.6 Å². The first-order valence-corrected chi connectivity index (χ1v) is 4.71. The molecular formula is C7H12N5Si. The van der Waals surface area contributed by atoms with Gasteiger partial charge in [0.25, 0.3) is 0 Å². The Morgan fingerprint density at radius 2 is 1.92 bits per heavy atom. The van der Waals surface area contributed by atoms with E-state index in [9.17, 15) is 0 Å². The van der Waals surface area contributed by atoms with E-state index >= 15 is 0 Å². The standard InChI is InChI=1S/C7H12N5Si/c8-5-4-6(9)12-7(11-5)10-2-1-3-13/h4H,1-3H2,(H5,8,9,10,11,12). The summed E-state index contributed by atoms with van der Waals surface area (Å²) in [5, 5.41) is 3.01. The van der Waals surface area contributed by atoms with Crippen LogP contribution in [0.3, 0.4) is 0 Å². The van der Waals surface area contributed by atoms with Crippen LogP contribution in [0.5, 0.6) is 0 Å². The lowest BCUT2D eigenvalue weighted by atomic mass is 10.5. The van der Waals surface area contributed by atoms with Gasteiger partial charge >= 0.3 is 0 Å². The van der Waals surface area contributed by atoms with Gasteiger partial charge in [0.2, 0.25) is 5.95 Å². The molecule has 0 amide bonds. The third-order valence-electron chi connectivity index (χ3n) is 1.40. The molecule has 0 aromatic carbocycles. The molecule has 6 heteroatoms. The van der Waals surface area contributed by atoms with Crippen molar-refractivity contribution < 1.29 is 0 Å². The summed E-state index contributed by atoms with van der Waals surface area (Å²) in [6.07, 6.45) is 0.995. The molecule has 0 aliphatic rings. The average molecular weight is 194 g/mol. The molecule has 0 fully saturated rings. The fraction of sp³-hybridized carbons (Fsp3) is 0.429. The molecule has 0 atom stereocenters.